The summed E-state index contributed by atoms with van der Waals surface area (Å²) in [6.45, 7) is 3.61. The number of benzene rings is 3. The molecule has 0 radical (unpaired) electrons. The Hall–Kier alpha value is -3.91. The summed E-state index contributed by atoms with van der Waals surface area (Å²) >= 11 is 0. The van der Waals surface area contributed by atoms with Crippen LogP contribution in [0.15, 0.2) is 60.7 Å². The monoisotopic (exact) mass is 563 g/mol. The summed E-state index contributed by atoms with van der Waals surface area (Å²) in [7, 11) is 0. The second kappa shape index (κ2) is 11.5. The Morgan fingerprint density at radius 1 is 1.00 bits per heavy atom. The largest absolute Gasteiger partial charge is 0.489 e. The van der Waals surface area contributed by atoms with E-state index in [-0.39, 0.29) is 42.8 Å². The first-order chi connectivity index (χ1) is 19.6. The van der Waals surface area contributed by atoms with E-state index >= 15 is 0 Å². The number of rotatable bonds is 9. The Labute approximate surface area is 237 Å². The van der Waals surface area contributed by atoms with E-state index in [0.717, 1.165) is 16.7 Å². The lowest BCUT2D eigenvalue weighted by Crippen LogP contribution is -2.19. The van der Waals surface area contributed by atoms with Gasteiger partial charge in [-0.25, -0.2) is 0 Å². The molecule has 3 aliphatic carbocycles. The zero-order chi connectivity index (χ0) is 29.3. The molecule has 6 rings (SSSR count). The molecule has 0 amide bonds. The van der Waals surface area contributed by atoms with E-state index in [1.54, 1.807) is 31.2 Å². The zero-order valence-electron chi connectivity index (χ0n) is 23.0. The van der Waals surface area contributed by atoms with Crippen molar-refractivity contribution in [1.29, 1.82) is 0 Å². The summed E-state index contributed by atoms with van der Waals surface area (Å²) < 4.78 is 54.4. The highest BCUT2D eigenvalue weighted by molar-refractivity contribution is 5.94. The summed E-state index contributed by atoms with van der Waals surface area (Å²) in [6, 6.07) is 15.8. The van der Waals surface area contributed by atoms with Gasteiger partial charge < -0.3 is 15.2 Å². The number of allylic oxidation sites excluding steroid dienone is 2. The number of carbonyl (C=O) groups is 2. The van der Waals surface area contributed by atoms with E-state index in [9.17, 15) is 22.8 Å². The molecule has 3 aromatic rings. The molecule has 8 heteroatoms. The number of ether oxygens (including phenoxy) is 2. The van der Waals surface area contributed by atoms with Crippen LogP contribution in [-0.2, 0) is 29.1 Å². The highest BCUT2D eigenvalue weighted by atomic mass is 19.4. The molecule has 0 heterocycles. The van der Waals surface area contributed by atoms with Crippen molar-refractivity contribution in [3.05, 3.63) is 94.1 Å². The van der Waals surface area contributed by atoms with Crippen LogP contribution in [0.5, 0.6) is 5.75 Å². The number of esters is 1. The molecule has 3 aliphatic rings. The smallest absolute Gasteiger partial charge is 0.416 e. The average Bonchev–Trinajstić information content (AvgIpc) is 3.18. The van der Waals surface area contributed by atoms with Crippen molar-refractivity contribution in [1.82, 2.24) is 0 Å². The van der Waals surface area contributed by atoms with Gasteiger partial charge in [-0.2, -0.15) is 13.2 Å². The maximum absolute atomic E-state index is 14.4. The number of hydrogen-bond donors (Lipinski definition) is 1. The summed E-state index contributed by atoms with van der Waals surface area (Å²) in [5, 5.41) is 0. The molecule has 0 atom stereocenters. The van der Waals surface area contributed by atoms with Gasteiger partial charge in [-0.1, -0.05) is 36.4 Å². The van der Waals surface area contributed by atoms with Gasteiger partial charge in [0.05, 0.1) is 18.6 Å². The van der Waals surface area contributed by atoms with Crippen LogP contribution in [0.1, 0.15) is 70.8 Å². The van der Waals surface area contributed by atoms with Crippen molar-refractivity contribution in [2.45, 2.75) is 58.4 Å². The third-order valence-electron chi connectivity index (χ3n) is 7.80. The second-order valence-electron chi connectivity index (χ2n) is 10.7. The van der Waals surface area contributed by atoms with E-state index in [1.165, 1.54) is 13.0 Å². The lowest BCUT2D eigenvalue weighted by molar-refractivity contribution is -0.142. The highest BCUT2D eigenvalue weighted by Crippen LogP contribution is 2.54. The summed E-state index contributed by atoms with van der Waals surface area (Å²) in [6.07, 6.45) is -1.83. The topological polar surface area (TPSA) is 78.6 Å². The van der Waals surface area contributed by atoms with Gasteiger partial charge in [-0.3, -0.25) is 9.59 Å². The molecular weight excluding hydrogens is 531 g/mol. The molecule has 1 fully saturated rings. The maximum atomic E-state index is 14.4. The fourth-order valence-electron chi connectivity index (χ4n) is 5.75. The first-order valence-corrected chi connectivity index (χ1v) is 13.7. The van der Waals surface area contributed by atoms with Gasteiger partial charge in [0, 0.05) is 17.7 Å². The lowest BCUT2D eigenvalue weighted by atomic mass is 9.70. The molecule has 1 saturated carbocycles. The molecule has 5 nitrogen and oxygen atoms in total. The van der Waals surface area contributed by atoms with Gasteiger partial charge >= 0.3 is 12.1 Å². The predicted molar refractivity (Wildman–Crippen MR) is 150 cm³/mol. The van der Waals surface area contributed by atoms with E-state index < -0.39 is 17.7 Å². The standard InChI is InChI=1S/C33H32F3NO4/c1-3-40-31(39)16-25-8-7-23(19(2)38)15-30(25)41-18-22-12-27(24-6-4-5-20(9-24)17-37)32-26-10-21(11-26)14-29(28(32)13-22)33(34,35)36/h4-9,12-15,21,26H,3,10-11,16-18,37H2,1-2H3. The normalized spacial score (nSPS) is 17.6. The van der Waals surface area contributed by atoms with Crippen molar-refractivity contribution in [2.24, 2.45) is 11.7 Å². The Bertz CT molecular complexity index is 1520. The van der Waals surface area contributed by atoms with Crippen LogP contribution in [-0.4, -0.2) is 24.5 Å². The van der Waals surface area contributed by atoms with Gasteiger partial charge in [-0.15, -0.1) is 0 Å². The van der Waals surface area contributed by atoms with Crippen LogP contribution < -0.4 is 10.5 Å². The van der Waals surface area contributed by atoms with Crippen molar-refractivity contribution in [3.63, 3.8) is 0 Å². The maximum Gasteiger partial charge on any atom is 0.416 e. The summed E-state index contributed by atoms with van der Waals surface area (Å²) in [4.78, 5) is 24.3. The van der Waals surface area contributed by atoms with Gasteiger partial charge in [0.2, 0.25) is 0 Å². The molecule has 41 heavy (non-hydrogen) atoms. The fraction of sp³-hybridized carbons (Fsp3) is 0.333. The zero-order valence-corrected chi connectivity index (χ0v) is 23.0. The average molecular weight is 564 g/mol. The summed E-state index contributed by atoms with van der Waals surface area (Å²) in [5.74, 6) is -0.392. The molecule has 214 valence electrons. The van der Waals surface area contributed by atoms with Crippen LogP contribution in [0.3, 0.4) is 0 Å². The number of hydrogen-bond acceptors (Lipinski definition) is 5. The number of alkyl halides is 3. The van der Waals surface area contributed by atoms with E-state index in [1.807, 2.05) is 30.3 Å². The third-order valence-corrected chi connectivity index (χ3v) is 7.80. The Kier molecular flexibility index (Phi) is 8.04. The fourth-order valence-corrected chi connectivity index (χ4v) is 5.75. The van der Waals surface area contributed by atoms with E-state index in [0.29, 0.717) is 47.4 Å². The molecule has 0 aliphatic heterocycles. The van der Waals surface area contributed by atoms with Crippen molar-refractivity contribution < 1.29 is 32.2 Å². The van der Waals surface area contributed by atoms with Crippen LogP contribution in [0, 0.1) is 5.92 Å². The van der Waals surface area contributed by atoms with Crippen LogP contribution in [0.25, 0.3) is 16.7 Å². The highest BCUT2D eigenvalue weighted by Gasteiger charge is 2.44. The lowest BCUT2D eigenvalue weighted by Gasteiger charge is -2.34. The third kappa shape index (κ3) is 6.07. The molecule has 2 N–H and O–H groups in total. The van der Waals surface area contributed by atoms with E-state index in [2.05, 4.69) is 0 Å². The molecule has 0 spiro atoms. The second-order valence-corrected chi connectivity index (χ2v) is 10.7. The van der Waals surface area contributed by atoms with E-state index in [4.69, 9.17) is 15.2 Å². The number of carbonyl (C=O) groups excluding carboxylic acids is 2. The molecular formula is C33H32F3NO4. The quantitative estimate of drug-likeness (QED) is 0.221. The first kappa shape index (κ1) is 28.6. The number of halogens is 3. The van der Waals surface area contributed by atoms with Gasteiger partial charge in [0.1, 0.15) is 12.4 Å². The SMILES string of the molecule is CCOC(=O)Cc1ccc(C(C)=O)cc1OCc1cc2c(c(-c3cccc(CN)c3)c1)C1CC(C=C2C(F)(F)F)C1. The van der Waals surface area contributed by atoms with Gasteiger partial charge in [-0.05, 0) is 96.2 Å². The Balaban J connectivity index is 1.59. The molecule has 2 bridgehead atoms. The Morgan fingerprint density at radius 3 is 2.44 bits per heavy atom. The van der Waals surface area contributed by atoms with Crippen LogP contribution in [0.2, 0.25) is 0 Å². The van der Waals surface area contributed by atoms with Crippen molar-refractivity contribution in [2.75, 3.05) is 6.61 Å². The molecule has 3 aromatic carbocycles. The molecule has 0 unspecified atom stereocenters. The minimum absolute atomic E-state index is 0.0287. The minimum atomic E-state index is -4.51. The van der Waals surface area contributed by atoms with Crippen molar-refractivity contribution in [3.8, 4) is 16.9 Å². The van der Waals surface area contributed by atoms with Gasteiger partial charge in [0.25, 0.3) is 0 Å². The van der Waals surface area contributed by atoms with Crippen LogP contribution >= 0.6 is 0 Å². The first-order valence-electron chi connectivity index (χ1n) is 13.7. The predicted octanol–water partition coefficient (Wildman–Crippen LogP) is 7.15. The van der Waals surface area contributed by atoms with Crippen LogP contribution in [0.4, 0.5) is 13.2 Å². The molecule has 0 aromatic heterocycles. The Morgan fingerprint density at radius 2 is 1.76 bits per heavy atom. The summed E-state index contributed by atoms with van der Waals surface area (Å²) in [5.41, 5.74) is 10.1. The van der Waals surface area contributed by atoms with Crippen molar-refractivity contribution >= 4 is 17.3 Å². The molecule has 0 saturated heterocycles. The number of Topliss-reactive ketones (excluding diaryl/α,β-unsaturated/α-hetero) is 1. The number of nitrogens with two attached hydrogens (primary N) is 1. The van der Waals surface area contributed by atoms with Gasteiger partial charge in [0.15, 0.2) is 5.78 Å². The number of ketones is 1. The minimum Gasteiger partial charge on any atom is -0.489 e.